The van der Waals surface area contributed by atoms with Gasteiger partial charge in [0.2, 0.25) is 0 Å². The molecule has 5 heavy (non-hydrogen) atoms. The Labute approximate surface area is 69.2 Å². The Hall–Kier alpha value is 1.40. The van der Waals surface area contributed by atoms with Crippen LogP contribution in [0.15, 0.2) is 0 Å². The molecule has 0 amide bonds. The van der Waals surface area contributed by atoms with Gasteiger partial charge in [0, 0.05) is 13.1 Å². The Morgan fingerprint density at radius 1 is 1.00 bits per heavy atom. The summed E-state index contributed by atoms with van der Waals surface area (Å²) in [6.45, 7) is 1.19. The first-order valence-corrected chi connectivity index (χ1v) is 1.32. The molecule has 0 aliphatic rings. The first kappa shape index (κ1) is 9.64. The van der Waals surface area contributed by atoms with Gasteiger partial charge in [0.15, 0.2) is 0 Å². The van der Waals surface area contributed by atoms with Crippen LogP contribution in [0, 0.1) is 0 Å². The molecule has 0 radical (unpaired) electrons. The van der Waals surface area contributed by atoms with Gasteiger partial charge >= 0.3 is 45.5 Å². The third kappa shape index (κ3) is 10.8. The SMILES string of the molecule is NCCN.[SrH2]. The number of hydrogen-bond acceptors (Lipinski definition) is 2. The van der Waals surface area contributed by atoms with E-state index in [1.165, 1.54) is 0 Å². The predicted molar refractivity (Wildman–Crippen MR) is 26.7 cm³/mol. The molecule has 0 atom stereocenters. The van der Waals surface area contributed by atoms with Crippen molar-refractivity contribution in [1.29, 1.82) is 0 Å². The predicted octanol–water partition coefficient (Wildman–Crippen LogP) is -2.01. The van der Waals surface area contributed by atoms with E-state index in [1.807, 2.05) is 0 Å². The van der Waals surface area contributed by atoms with Crippen molar-refractivity contribution in [2.24, 2.45) is 11.5 Å². The van der Waals surface area contributed by atoms with E-state index >= 15 is 0 Å². The molecule has 0 saturated heterocycles. The average molecular weight is 150 g/mol. The molecule has 0 spiro atoms. The summed E-state index contributed by atoms with van der Waals surface area (Å²) in [6, 6.07) is 0. The van der Waals surface area contributed by atoms with Crippen molar-refractivity contribution in [2.45, 2.75) is 0 Å². The Morgan fingerprint density at radius 2 is 1.20 bits per heavy atom. The van der Waals surface area contributed by atoms with E-state index < -0.39 is 0 Å². The van der Waals surface area contributed by atoms with E-state index in [-0.39, 0.29) is 45.5 Å². The second kappa shape index (κ2) is 9.04. The van der Waals surface area contributed by atoms with Crippen molar-refractivity contribution in [1.82, 2.24) is 0 Å². The molecular formula is C2H10N2Sr. The third-order valence-corrected chi connectivity index (χ3v) is 0.167. The van der Waals surface area contributed by atoms with E-state index in [9.17, 15) is 0 Å². The molecule has 0 aromatic heterocycles. The van der Waals surface area contributed by atoms with E-state index in [4.69, 9.17) is 11.5 Å². The zero-order valence-corrected chi connectivity index (χ0v) is 2.57. The van der Waals surface area contributed by atoms with Gasteiger partial charge < -0.3 is 11.5 Å². The monoisotopic (exact) mass is 150 g/mol. The van der Waals surface area contributed by atoms with Crippen molar-refractivity contribution in [3.63, 3.8) is 0 Å². The molecule has 0 aromatic rings. The van der Waals surface area contributed by atoms with Crippen molar-refractivity contribution in [3.05, 3.63) is 0 Å². The normalized spacial score (nSPS) is 6.00. The van der Waals surface area contributed by atoms with Crippen LogP contribution in [0.25, 0.3) is 0 Å². The van der Waals surface area contributed by atoms with Gasteiger partial charge in [0.05, 0.1) is 0 Å². The Kier molecular flexibility index (Phi) is 17.4. The van der Waals surface area contributed by atoms with Gasteiger partial charge in [-0.05, 0) is 0 Å². The summed E-state index contributed by atoms with van der Waals surface area (Å²) in [5.74, 6) is 0. The third-order valence-electron chi connectivity index (χ3n) is 0.167. The Morgan fingerprint density at radius 3 is 1.20 bits per heavy atom. The van der Waals surface area contributed by atoms with Crippen LogP contribution >= 0.6 is 0 Å². The van der Waals surface area contributed by atoms with E-state index in [1.54, 1.807) is 0 Å². The molecule has 0 bridgehead atoms. The standard InChI is InChI=1S/C2H8N2.Sr.2H/c3-1-2-4;;;/h1-4H2;;;. The molecule has 0 aromatic carbocycles. The van der Waals surface area contributed by atoms with Crippen LogP contribution in [-0.2, 0) is 0 Å². The van der Waals surface area contributed by atoms with Gasteiger partial charge in [-0.15, -0.1) is 0 Å². The van der Waals surface area contributed by atoms with E-state index in [0.717, 1.165) is 0 Å². The number of nitrogens with two attached hydrogens (primary N) is 2. The molecule has 3 heteroatoms. The minimum absolute atomic E-state index is 0. The zero-order valence-electron chi connectivity index (χ0n) is 2.57. The molecule has 0 rings (SSSR count). The average Bonchev–Trinajstić information content (AvgIpc) is 1.37. The molecule has 4 N–H and O–H groups in total. The fraction of sp³-hybridized carbons (Fsp3) is 1.00. The van der Waals surface area contributed by atoms with E-state index in [2.05, 4.69) is 0 Å². The summed E-state index contributed by atoms with van der Waals surface area (Å²) in [4.78, 5) is 0. The van der Waals surface area contributed by atoms with E-state index in [0.29, 0.717) is 13.1 Å². The number of hydrogen-bond donors (Lipinski definition) is 2. The molecule has 0 unspecified atom stereocenters. The van der Waals surface area contributed by atoms with Crippen molar-refractivity contribution in [2.75, 3.05) is 13.1 Å². The van der Waals surface area contributed by atoms with Crippen LogP contribution in [0.2, 0.25) is 0 Å². The first-order valence-electron chi connectivity index (χ1n) is 1.32. The van der Waals surface area contributed by atoms with Crippen LogP contribution in [0.4, 0.5) is 0 Å². The molecule has 0 fully saturated rings. The van der Waals surface area contributed by atoms with Crippen LogP contribution in [0.3, 0.4) is 0 Å². The van der Waals surface area contributed by atoms with Gasteiger partial charge in [-0.25, -0.2) is 0 Å². The summed E-state index contributed by atoms with van der Waals surface area (Å²) >= 11 is 0. The van der Waals surface area contributed by atoms with Gasteiger partial charge in [0.25, 0.3) is 0 Å². The summed E-state index contributed by atoms with van der Waals surface area (Å²) in [5, 5.41) is 0. The maximum atomic E-state index is 4.90. The zero-order chi connectivity index (χ0) is 3.41. The van der Waals surface area contributed by atoms with Gasteiger partial charge in [0.1, 0.15) is 0 Å². The molecule has 2 nitrogen and oxygen atoms in total. The molecule has 30 valence electrons. The second-order valence-electron chi connectivity index (χ2n) is 0.577. The van der Waals surface area contributed by atoms with Crippen molar-refractivity contribution >= 4 is 45.5 Å². The molecule has 0 aliphatic carbocycles. The van der Waals surface area contributed by atoms with Gasteiger partial charge in [-0.3, -0.25) is 0 Å². The summed E-state index contributed by atoms with van der Waals surface area (Å²) in [6.07, 6.45) is 0. The Balaban J connectivity index is 0. The summed E-state index contributed by atoms with van der Waals surface area (Å²) < 4.78 is 0. The van der Waals surface area contributed by atoms with Gasteiger partial charge in [-0.1, -0.05) is 0 Å². The first-order chi connectivity index (χ1) is 1.91. The van der Waals surface area contributed by atoms with Crippen LogP contribution in [0.5, 0.6) is 0 Å². The Bertz CT molecular complexity index is 9.61. The van der Waals surface area contributed by atoms with Crippen molar-refractivity contribution < 1.29 is 0 Å². The topological polar surface area (TPSA) is 52.0 Å². The second-order valence-corrected chi connectivity index (χ2v) is 0.577. The fourth-order valence-corrected chi connectivity index (χ4v) is 0. The molecule has 0 saturated carbocycles. The summed E-state index contributed by atoms with van der Waals surface area (Å²) in [5.41, 5.74) is 9.81. The minimum atomic E-state index is 0. The number of rotatable bonds is 1. The fourth-order valence-electron chi connectivity index (χ4n) is 0. The molecule has 0 aliphatic heterocycles. The van der Waals surface area contributed by atoms with Crippen LogP contribution < -0.4 is 11.5 Å². The molecule has 0 heterocycles. The van der Waals surface area contributed by atoms with Gasteiger partial charge in [-0.2, -0.15) is 0 Å². The van der Waals surface area contributed by atoms with Crippen LogP contribution in [-0.4, -0.2) is 58.6 Å². The summed E-state index contributed by atoms with van der Waals surface area (Å²) in [7, 11) is 0. The quantitative estimate of drug-likeness (QED) is 0.424. The molecular weight excluding hydrogens is 140 g/mol. The van der Waals surface area contributed by atoms with Crippen molar-refractivity contribution in [3.8, 4) is 0 Å². The maximum absolute atomic E-state index is 4.90. The van der Waals surface area contributed by atoms with Crippen LogP contribution in [0.1, 0.15) is 0 Å².